The standard InChI is InChI=1S/C15H16BrN3O3S/c1-17-23(20,21)11-3-5-15(18-9-11)19-13-6-7-22-14-4-2-10(16)8-12(13)14/h2-5,8-9,13,17H,6-7H2,1H3,(H,18,19). The predicted molar refractivity (Wildman–Crippen MR) is 91.1 cm³/mol. The Labute approximate surface area is 143 Å². The molecule has 0 aliphatic carbocycles. The molecule has 0 saturated heterocycles. The van der Waals surface area contributed by atoms with Gasteiger partial charge in [0.25, 0.3) is 0 Å². The van der Waals surface area contributed by atoms with Crippen LogP contribution in [0.1, 0.15) is 18.0 Å². The third kappa shape index (κ3) is 3.49. The van der Waals surface area contributed by atoms with Gasteiger partial charge in [-0.05, 0) is 37.4 Å². The minimum atomic E-state index is -3.47. The van der Waals surface area contributed by atoms with E-state index in [1.54, 1.807) is 6.07 Å². The van der Waals surface area contributed by atoms with Crippen molar-refractivity contribution in [3.05, 3.63) is 46.6 Å². The molecular formula is C15H16BrN3O3S. The molecule has 0 saturated carbocycles. The monoisotopic (exact) mass is 397 g/mol. The summed E-state index contributed by atoms with van der Waals surface area (Å²) in [4.78, 5) is 4.34. The van der Waals surface area contributed by atoms with E-state index in [1.807, 2.05) is 18.2 Å². The van der Waals surface area contributed by atoms with Crippen molar-refractivity contribution in [3.8, 4) is 5.75 Å². The fourth-order valence-electron chi connectivity index (χ4n) is 2.44. The highest BCUT2D eigenvalue weighted by molar-refractivity contribution is 9.10. The maximum Gasteiger partial charge on any atom is 0.241 e. The van der Waals surface area contributed by atoms with Crippen molar-refractivity contribution in [2.45, 2.75) is 17.4 Å². The lowest BCUT2D eigenvalue weighted by atomic mass is 10.0. The maximum atomic E-state index is 11.7. The number of nitrogens with zero attached hydrogens (tertiary/aromatic N) is 1. The third-order valence-electron chi connectivity index (χ3n) is 3.65. The summed E-state index contributed by atoms with van der Waals surface area (Å²) in [6, 6.07) is 9.15. The summed E-state index contributed by atoms with van der Waals surface area (Å²) >= 11 is 3.47. The highest BCUT2D eigenvalue weighted by atomic mass is 79.9. The molecule has 0 amide bonds. The second-order valence-corrected chi connectivity index (χ2v) is 7.91. The number of aromatic nitrogens is 1. The van der Waals surface area contributed by atoms with E-state index in [1.165, 1.54) is 19.3 Å². The number of hydrogen-bond acceptors (Lipinski definition) is 5. The molecule has 2 N–H and O–H groups in total. The van der Waals surface area contributed by atoms with Crippen LogP contribution >= 0.6 is 15.9 Å². The van der Waals surface area contributed by atoms with Crippen molar-refractivity contribution in [1.82, 2.24) is 9.71 Å². The van der Waals surface area contributed by atoms with Crippen LogP contribution in [0.3, 0.4) is 0 Å². The zero-order valence-electron chi connectivity index (χ0n) is 12.4. The van der Waals surface area contributed by atoms with E-state index in [0.717, 1.165) is 22.2 Å². The Bertz CT molecular complexity index is 809. The van der Waals surface area contributed by atoms with Crippen LogP contribution in [-0.2, 0) is 10.0 Å². The fraction of sp³-hybridized carbons (Fsp3) is 0.267. The van der Waals surface area contributed by atoms with E-state index >= 15 is 0 Å². The van der Waals surface area contributed by atoms with E-state index in [0.29, 0.717) is 12.4 Å². The minimum Gasteiger partial charge on any atom is -0.493 e. The lowest BCUT2D eigenvalue weighted by Crippen LogP contribution is -2.21. The van der Waals surface area contributed by atoms with Crippen LogP contribution in [0.5, 0.6) is 5.75 Å². The molecule has 1 unspecified atom stereocenters. The molecular weight excluding hydrogens is 382 g/mol. The van der Waals surface area contributed by atoms with Crippen molar-refractivity contribution in [2.24, 2.45) is 0 Å². The number of sulfonamides is 1. The Balaban J connectivity index is 1.83. The van der Waals surface area contributed by atoms with Crippen LogP contribution in [-0.4, -0.2) is 27.1 Å². The number of nitrogens with one attached hydrogen (secondary N) is 2. The zero-order chi connectivity index (χ0) is 16.4. The molecule has 0 radical (unpaired) electrons. The first-order valence-electron chi connectivity index (χ1n) is 7.08. The average Bonchev–Trinajstić information content (AvgIpc) is 2.56. The summed E-state index contributed by atoms with van der Waals surface area (Å²) < 4.78 is 32.3. The van der Waals surface area contributed by atoms with Crippen LogP contribution < -0.4 is 14.8 Å². The molecule has 0 bridgehead atoms. The van der Waals surface area contributed by atoms with E-state index in [2.05, 4.69) is 31.0 Å². The second kappa shape index (κ2) is 6.46. The highest BCUT2D eigenvalue weighted by Crippen LogP contribution is 2.35. The zero-order valence-corrected chi connectivity index (χ0v) is 14.8. The van der Waals surface area contributed by atoms with Crippen molar-refractivity contribution in [3.63, 3.8) is 0 Å². The van der Waals surface area contributed by atoms with Crippen LogP contribution in [0.15, 0.2) is 45.9 Å². The number of benzene rings is 1. The van der Waals surface area contributed by atoms with Crippen molar-refractivity contribution in [1.29, 1.82) is 0 Å². The summed E-state index contributed by atoms with van der Waals surface area (Å²) in [5.74, 6) is 1.48. The van der Waals surface area contributed by atoms with Crippen LogP contribution in [0.2, 0.25) is 0 Å². The topological polar surface area (TPSA) is 80.3 Å². The van der Waals surface area contributed by atoms with Gasteiger partial charge >= 0.3 is 0 Å². The minimum absolute atomic E-state index is 0.0653. The van der Waals surface area contributed by atoms with Gasteiger partial charge in [-0.3, -0.25) is 0 Å². The van der Waals surface area contributed by atoms with Crippen LogP contribution in [0.25, 0.3) is 0 Å². The smallest absolute Gasteiger partial charge is 0.241 e. The normalized spacial score (nSPS) is 17.2. The molecule has 0 spiro atoms. The number of ether oxygens (including phenoxy) is 1. The van der Waals surface area contributed by atoms with Crippen LogP contribution in [0, 0.1) is 0 Å². The lowest BCUT2D eigenvalue weighted by molar-refractivity contribution is 0.274. The van der Waals surface area contributed by atoms with Gasteiger partial charge in [0.15, 0.2) is 0 Å². The van der Waals surface area contributed by atoms with Crippen LogP contribution in [0.4, 0.5) is 5.82 Å². The van der Waals surface area contributed by atoms with Gasteiger partial charge in [-0.2, -0.15) is 0 Å². The van der Waals surface area contributed by atoms with Crippen molar-refractivity contribution in [2.75, 3.05) is 19.0 Å². The third-order valence-corrected chi connectivity index (χ3v) is 5.54. The Morgan fingerprint density at radius 2 is 2.13 bits per heavy atom. The van der Waals surface area contributed by atoms with E-state index in [9.17, 15) is 8.42 Å². The molecule has 8 heteroatoms. The quantitative estimate of drug-likeness (QED) is 0.828. The number of hydrogen-bond donors (Lipinski definition) is 2. The largest absolute Gasteiger partial charge is 0.493 e. The Kier molecular flexibility index (Phi) is 4.56. The summed E-state index contributed by atoms with van der Waals surface area (Å²) in [7, 11) is -2.10. The molecule has 3 rings (SSSR count). The van der Waals surface area contributed by atoms with Gasteiger partial charge in [0.05, 0.1) is 12.6 Å². The van der Waals surface area contributed by atoms with Gasteiger partial charge in [0, 0.05) is 22.7 Å². The van der Waals surface area contributed by atoms with Gasteiger partial charge in [-0.1, -0.05) is 15.9 Å². The van der Waals surface area contributed by atoms with Crippen molar-refractivity contribution < 1.29 is 13.2 Å². The van der Waals surface area contributed by atoms with Gasteiger partial charge < -0.3 is 10.1 Å². The first-order valence-corrected chi connectivity index (χ1v) is 9.35. The molecule has 23 heavy (non-hydrogen) atoms. The molecule has 1 aromatic heterocycles. The predicted octanol–water partition coefficient (Wildman–Crippen LogP) is 2.69. The second-order valence-electron chi connectivity index (χ2n) is 5.10. The molecule has 0 fully saturated rings. The molecule has 1 aromatic carbocycles. The molecule has 6 nitrogen and oxygen atoms in total. The molecule has 1 aliphatic heterocycles. The Morgan fingerprint density at radius 3 is 2.83 bits per heavy atom. The maximum absolute atomic E-state index is 11.7. The molecule has 2 aromatic rings. The number of pyridine rings is 1. The van der Waals surface area contributed by atoms with E-state index < -0.39 is 10.0 Å². The Hall–Kier alpha value is -1.64. The first-order chi connectivity index (χ1) is 11.0. The fourth-order valence-corrected chi connectivity index (χ4v) is 3.49. The highest BCUT2D eigenvalue weighted by Gasteiger charge is 2.22. The van der Waals surface area contributed by atoms with Gasteiger partial charge in [0.2, 0.25) is 10.0 Å². The lowest BCUT2D eigenvalue weighted by Gasteiger charge is -2.27. The van der Waals surface area contributed by atoms with Gasteiger partial charge in [-0.25, -0.2) is 18.1 Å². The number of fused-ring (bicyclic) bond motifs is 1. The SMILES string of the molecule is CNS(=O)(=O)c1ccc(NC2CCOc3ccc(Br)cc32)nc1. The molecule has 1 atom stereocenters. The van der Waals surface area contributed by atoms with Gasteiger partial charge in [0.1, 0.15) is 16.5 Å². The summed E-state index contributed by atoms with van der Waals surface area (Å²) in [5, 5.41) is 3.33. The number of anilines is 1. The summed E-state index contributed by atoms with van der Waals surface area (Å²) in [6.45, 7) is 0.624. The van der Waals surface area contributed by atoms with E-state index in [-0.39, 0.29) is 10.9 Å². The first kappa shape index (κ1) is 16.2. The van der Waals surface area contributed by atoms with Gasteiger partial charge in [-0.15, -0.1) is 0 Å². The van der Waals surface area contributed by atoms with Crippen molar-refractivity contribution >= 4 is 31.8 Å². The molecule has 1 aliphatic rings. The average molecular weight is 398 g/mol. The summed E-state index contributed by atoms with van der Waals surface area (Å²) in [5.41, 5.74) is 1.05. The Morgan fingerprint density at radius 1 is 1.30 bits per heavy atom. The number of rotatable bonds is 4. The number of halogens is 1. The molecule has 122 valence electrons. The summed E-state index contributed by atoms with van der Waals surface area (Å²) in [6.07, 6.45) is 2.15. The molecule has 2 heterocycles. The van der Waals surface area contributed by atoms with E-state index in [4.69, 9.17) is 4.74 Å².